The van der Waals surface area contributed by atoms with Crippen LogP contribution in [0.15, 0.2) is 54.6 Å². The van der Waals surface area contributed by atoms with Crippen LogP contribution in [0.2, 0.25) is 0 Å². The molecular weight excluding hydrogens is 306 g/mol. The number of nitrogens with zero attached hydrogens (tertiary/aromatic N) is 1. The van der Waals surface area contributed by atoms with E-state index in [-0.39, 0.29) is 5.78 Å². The maximum atomic E-state index is 12.4. The lowest BCUT2D eigenvalue weighted by Gasteiger charge is -2.26. The van der Waals surface area contributed by atoms with E-state index in [1.54, 1.807) is 0 Å². The van der Waals surface area contributed by atoms with Crippen molar-refractivity contribution in [3.05, 3.63) is 76.9 Å². The predicted octanol–water partition coefficient (Wildman–Crippen LogP) is 4.92. The van der Waals surface area contributed by atoms with Crippen LogP contribution in [0.25, 0.3) is 5.57 Å². The summed E-state index contributed by atoms with van der Waals surface area (Å²) in [6, 6.07) is 16.8. The van der Waals surface area contributed by atoms with Crippen LogP contribution < -0.4 is 0 Å². The molecule has 0 fully saturated rings. The zero-order valence-electron chi connectivity index (χ0n) is 15.3. The number of carbonyl (C=O) groups excluding carboxylic acids is 1. The third-order valence-corrected chi connectivity index (χ3v) is 5.05. The first-order valence-corrected chi connectivity index (χ1v) is 9.26. The average Bonchev–Trinajstić information content (AvgIpc) is 2.67. The smallest absolute Gasteiger partial charge is 0.164 e. The van der Waals surface area contributed by atoms with Crippen molar-refractivity contribution in [1.82, 2.24) is 4.90 Å². The second-order valence-electron chi connectivity index (χ2n) is 6.87. The van der Waals surface area contributed by atoms with E-state index in [1.165, 1.54) is 22.3 Å². The van der Waals surface area contributed by atoms with Crippen LogP contribution in [0.3, 0.4) is 0 Å². The van der Waals surface area contributed by atoms with Crippen LogP contribution in [-0.4, -0.2) is 30.3 Å². The van der Waals surface area contributed by atoms with Crippen molar-refractivity contribution in [3.63, 3.8) is 0 Å². The lowest BCUT2D eigenvalue weighted by molar-refractivity contribution is 0.0966. The van der Waals surface area contributed by atoms with E-state index in [9.17, 15) is 4.79 Å². The number of Topliss-reactive ketones (excluding diaryl/α,β-unsaturated/α-hetero) is 1. The number of aryl methyl sites for hydroxylation is 2. The van der Waals surface area contributed by atoms with Gasteiger partial charge >= 0.3 is 0 Å². The fourth-order valence-corrected chi connectivity index (χ4v) is 3.27. The molecule has 0 unspecified atom stereocenters. The van der Waals surface area contributed by atoms with Gasteiger partial charge in [0.25, 0.3) is 0 Å². The highest BCUT2D eigenvalue weighted by Crippen LogP contribution is 2.22. The number of ketones is 1. The molecule has 0 saturated heterocycles. The van der Waals surface area contributed by atoms with E-state index in [0.717, 1.165) is 38.0 Å². The molecular formula is C23H27NO. The Morgan fingerprint density at radius 2 is 1.76 bits per heavy atom. The molecule has 2 aromatic carbocycles. The second kappa shape index (κ2) is 8.26. The summed E-state index contributed by atoms with van der Waals surface area (Å²) in [4.78, 5) is 14.7. The van der Waals surface area contributed by atoms with Crippen LogP contribution in [-0.2, 0) is 6.42 Å². The van der Waals surface area contributed by atoms with Gasteiger partial charge in [-0.2, -0.15) is 0 Å². The first-order chi connectivity index (χ1) is 12.2. The molecule has 1 heterocycles. The number of rotatable bonds is 6. The highest BCUT2D eigenvalue weighted by atomic mass is 16.1. The van der Waals surface area contributed by atoms with Crippen LogP contribution in [0, 0.1) is 6.92 Å². The van der Waals surface area contributed by atoms with E-state index in [2.05, 4.69) is 61.2 Å². The van der Waals surface area contributed by atoms with E-state index in [1.807, 2.05) is 12.1 Å². The van der Waals surface area contributed by atoms with Crippen molar-refractivity contribution < 1.29 is 4.79 Å². The first kappa shape index (κ1) is 17.6. The standard InChI is InChI=1S/C23H27NO/c1-3-19-6-10-22(11-7-19)23(25)14-17-24-15-12-21(13-16-24)20-8-4-18(2)5-9-20/h4-12H,3,13-17H2,1-2H3. The Bertz CT molecular complexity index is 741. The van der Waals surface area contributed by atoms with Crippen LogP contribution in [0.5, 0.6) is 0 Å². The fourth-order valence-electron chi connectivity index (χ4n) is 3.27. The monoisotopic (exact) mass is 333 g/mol. The summed E-state index contributed by atoms with van der Waals surface area (Å²) >= 11 is 0. The Kier molecular flexibility index (Phi) is 5.83. The van der Waals surface area contributed by atoms with Crippen molar-refractivity contribution in [3.8, 4) is 0 Å². The van der Waals surface area contributed by atoms with Crippen molar-refractivity contribution >= 4 is 11.4 Å². The topological polar surface area (TPSA) is 20.3 Å². The van der Waals surface area contributed by atoms with Gasteiger partial charge in [0.2, 0.25) is 0 Å². The summed E-state index contributed by atoms with van der Waals surface area (Å²) in [6.45, 7) is 7.05. The molecule has 0 atom stereocenters. The Morgan fingerprint density at radius 3 is 2.36 bits per heavy atom. The minimum atomic E-state index is 0.246. The normalized spacial score (nSPS) is 15.0. The van der Waals surface area contributed by atoms with Crippen LogP contribution in [0.4, 0.5) is 0 Å². The molecule has 0 radical (unpaired) electrons. The second-order valence-corrected chi connectivity index (χ2v) is 6.87. The molecule has 2 heteroatoms. The summed E-state index contributed by atoms with van der Waals surface area (Å²) in [7, 11) is 0. The van der Waals surface area contributed by atoms with Crippen molar-refractivity contribution in [1.29, 1.82) is 0 Å². The molecule has 25 heavy (non-hydrogen) atoms. The summed E-state index contributed by atoms with van der Waals surface area (Å²) in [5.74, 6) is 0.246. The third kappa shape index (κ3) is 4.67. The molecule has 3 rings (SSSR count). The zero-order valence-corrected chi connectivity index (χ0v) is 15.3. The SMILES string of the molecule is CCc1ccc(C(=O)CCN2CC=C(c3ccc(C)cc3)CC2)cc1. The number of carbonyl (C=O) groups is 1. The minimum Gasteiger partial charge on any atom is -0.299 e. The van der Waals surface area contributed by atoms with E-state index in [0.29, 0.717) is 6.42 Å². The average molecular weight is 333 g/mol. The van der Waals surface area contributed by atoms with Crippen molar-refractivity contribution in [2.75, 3.05) is 19.6 Å². The predicted molar refractivity (Wildman–Crippen MR) is 105 cm³/mol. The van der Waals surface area contributed by atoms with Gasteiger partial charge in [-0.15, -0.1) is 0 Å². The zero-order chi connectivity index (χ0) is 17.6. The molecule has 0 aromatic heterocycles. The van der Waals surface area contributed by atoms with Crippen molar-refractivity contribution in [2.24, 2.45) is 0 Å². The Morgan fingerprint density at radius 1 is 1.04 bits per heavy atom. The maximum absolute atomic E-state index is 12.4. The molecule has 0 spiro atoms. The lowest BCUT2D eigenvalue weighted by Crippen LogP contribution is -2.30. The largest absolute Gasteiger partial charge is 0.299 e. The molecule has 1 aliphatic rings. The Hall–Kier alpha value is -2.19. The summed E-state index contributed by atoms with van der Waals surface area (Å²) in [5.41, 5.74) is 6.17. The highest BCUT2D eigenvalue weighted by Gasteiger charge is 2.14. The van der Waals surface area contributed by atoms with Gasteiger partial charge in [-0.25, -0.2) is 0 Å². The highest BCUT2D eigenvalue weighted by molar-refractivity contribution is 5.96. The molecule has 2 nitrogen and oxygen atoms in total. The van der Waals surface area contributed by atoms with E-state index >= 15 is 0 Å². The van der Waals surface area contributed by atoms with Gasteiger partial charge < -0.3 is 0 Å². The molecule has 0 N–H and O–H groups in total. The van der Waals surface area contributed by atoms with Gasteiger partial charge in [0.15, 0.2) is 5.78 Å². The third-order valence-electron chi connectivity index (χ3n) is 5.05. The molecule has 0 bridgehead atoms. The van der Waals surface area contributed by atoms with Gasteiger partial charge in [-0.1, -0.05) is 67.1 Å². The van der Waals surface area contributed by atoms with Gasteiger partial charge in [-0.3, -0.25) is 9.69 Å². The molecule has 1 aliphatic heterocycles. The lowest BCUT2D eigenvalue weighted by atomic mass is 9.98. The van der Waals surface area contributed by atoms with Crippen LogP contribution in [0.1, 0.15) is 46.8 Å². The summed E-state index contributed by atoms with van der Waals surface area (Å²) < 4.78 is 0. The molecule has 0 amide bonds. The fraction of sp³-hybridized carbons (Fsp3) is 0.348. The molecule has 130 valence electrons. The molecule has 2 aromatic rings. The Balaban J connectivity index is 1.51. The van der Waals surface area contributed by atoms with Gasteiger partial charge in [0, 0.05) is 31.6 Å². The summed E-state index contributed by atoms with van der Waals surface area (Å²) in [6.07, 6.45) is 4.98. The molecule has 0 saturated carbocycles. The van der Waals surface area contributed by atoms with Gasteiger partial charge in [-0.05, 0) is 36.5 Å². The minimum absolute atomic E-state index is 0.246. The first-order valence-electron chi connectivity index (χ1n) is 9.26. The van der Waals surface area contributed by atoms with Gasteiger partial charge in [0.1, 0.15) is 0 Å². The summed E-state index contributed by atoms with van der Waals surface area (Å²) in [5, 5.41) is 0. The Labute approximate surface area is 151 Å². The number of hydrogen-bond donors (Lipinski definition) is 0. The number of benzene rings is 2. The van der Waals surface area contributed by atoms with Crippen LogP contribution >= 0.6 is 0 Å². The quantitative estimate of drug-likeness (QED) is 0.699. The van der Waals surface area contributed by atoms with Crippen molar-refractivity contribution in [2.45, 2.75) is 33.1 Å². The molecule has 0 aliphatic carbocycles. The van der Waals surface area contributed by atoms with E-state index < -0.39 is 0 Å². The van der Waals surface area contributed by atoms with E-state index in [4.69, 9.17) is 0 Å². The van der Waals surface area contributed by atoms with Gasteiger partial charge in [0.05, 0.1) is 0 Å². The maximum Gasteiger partial charge on any atom is 0.164 e. The number of hydrogen-bond acceptors (Lipinski definition) is 2.